The third kappa shape index (κ3) is 2.88. The summed E-state index contributed by atoms with van der Waals surface area (Å²) in [6.45, 7) is 0. The second-order valence-corrected chi connectivity index (χ2v) is 7.27. The van der Waals surface area contributed by atoms with Crippen LogP contribution < -0.4 is 0 Å². The number of hydrogen-bond acceptors (Lipinski definition) is 2. The molecule has 1 heterocycles. The first-order valence-corrected chi connectivity index (χ1v) is 8.28. The summed E-state index contributed by atoms with van der Waals surface area (Å²) in [5, 5.41) is 0.729. The molecule has 1 aromatic heterocycles. The molecule has 1 N–H and O–H groups in total. The summed E-state index contributed by atoms with van der Waals surface area (Å²) in [7, 11) is 0. The second-order valence-electron chi connectivity index (χ2n) is 4.23. The smallest absolute Gasteiger partial charge is 0.159 e. The van der Waals surface area contributed by atoms with Crippen LogP contribution in [0.15, 0.2) is 53.0 Å². The summed E-state index contributed by atoms with van der Waals surface area (Å²) < 4.78 is 1.83. The van der Waals surface area contributed by atoms with Gasteiger partial charge in [-0.1, -0.05) is 51.8 Å². The number of thiazole rings is 1. The predicted molar refractivity (Wildman–Crippen MR) is 93.1 cm³/mol. The Morgan fingerprint density at radius 1 is 0.950 bits per heavy atom. The van der Waals surface area contributed by atoms with Gasteiger partial charge in [-0.2, -0.15) is 0 Å². The molecule has 100 valence electrons. The number of nitrogens with one attached hydrogen (secondary N) is 1. The molecule has 3 rings (SSSR count). The third-order valence-electron chi connectivity index (χ3n) is 2.89. The van der Waals surface area contributed by atoms with Gasteiger partial charge >= 0.3 is 0 Å². The molecular weight excluding hydrogens is 374 g/mol. The van der Waals surface area contributed by atoms with Crippen LogP contribution in [0.4, 0.5) is 0 Å². The van der Waals surface area contributed by atoms with Gasteiger partial charge in [0, 0.05) is 9.50 Å². The quantitative estimate of drug-likeness (QED) is 0.496. The largest absolute Gasteiger partial charge is 0.336 e. The molecule has 0 aliphatic heterocycles. The van der Waals surface area contributed by atoms with Crippen LogP contribution in [0.1, 0.15) is 0 Å². The van der Waals surface area contributed by atoms with Crippen LogP contribution in [0.25, 0.3) is 21.7 Å². The zero-order valence-corrected chi connectivity index (χ0v) is 14.2. The summed E-state index contributed by atoms with van der Waals surface area (Å²) in [5.74, 6) is 0. The van der Waals surface area contributed by atoms with Gasteiger partial charge < -0.3 is 4.98 Å². The van der Waals surface area contributed by atoms with Crippen molar-refractivity contribution in [1.82, 2.24) is 4.98 Å². The van der Waals surface area contributed by atoms with Gasteiger partial charge in [0.2, 0.25) is 0 Å². The molecule has 0 saturated carbocycles. The minimum absolute atomic E-state index is 0.729. The van der Waals surface area contributed by atoms with Crippen LogP contribution in [0, 0.1) is 3.95 Å². The van der Waals surface area contributed by atoms with Gasteiger partial charge in [0.25, 0.3) is 0 Å². The summed E-state index contributed by atoms with van der Waals surface area (Å²) in [6.07, 6.45) is 0. The lowest BCUT2D eigenvalue weighted by Gasteiger charge is -2.04. The monoisotopic (exact) mass is 381 g/mol. The van der Waals surface area contributed by atoms with E-state index in [1.165, 1.54) is 0 Å². The highest BCUT2D eigenvalue weighted by molar-refractivity contribution is 9.10. The van der Waals surface area contributed by atoms with Gasteiger partial charge in [-0.15, -0.1) is 11.3 Å². The van der Waals surface area contributed by atoms with E-state index in [0.29, 0.717) is 0 Å². The lowest BCUT2D eigenvalue weighted by molar-refractivity contribution is 1.39. The van der Waals surface area contributed by atoms with Crippen LogP contribution in [-0.4, -0.2) is 4.98 Å². The van der Waals surface area contributed by atoms with Gasteiger partial charge in [0.15, 0.2) is 3.95 Å². The summed E-state index contributed by atoms with van der Waals surface area (Å²) in [6, 6.07) is 16.0. The molecule has 0 bridgehead atoms. The minimum Gasteiger partial charge on any atom is -0.336 e. The number of aromatic amines is 1. The summed E-state index contributed by atoms with van der Waals surface area (Å²) in [4.78, 5) is 4.42. The number of aromatic nitrogens is 1. The highest BCUT2D eigenvalue weighted by Crippen LogP contribution is 2.36. The van der Waals surface area contributed by atoms with Crippen molar-refractivity contribution in [3.63, 3.8) is 0 Å². The van der Waals surface area contributed by atoms with E-state index in [2.05, 4.69) is 33.0 Å². The Morgan fingerprint density at radius 3 is 2.20 bits per heavy atom. The van der Waals surface area contributed by atoms with Crippen LogP contribution in [0.2, 0.25) is 5.02 Å². The molecule has 0 radical (unpaired) electrons. The van der Waals surface area contributed by atoms with Crippen molar-refractivity contribution in [3.8, 4) is 21.7 Å². The standard InChI is InChI=1S/C15H9BrClNS2/c16-11-5-1-10(2-6-11)14-13(18-15(19)20-14)9-3-7-12(17)8-4-9/h1-8H,(H,18,19). The summed E-state index contributed by atoms with van der Waals surface area (Å²) >= 11 is 16.3. The van der Waals surface area contributed by atoms with Gasteiger partial charge in [-0.25, -0.2) is 0 Å². The lowest BCUT2D eigenvalue weighted by atomic mass is 10.1. The molecule has 0 aliphatic rings. The van der Waals surface area contributed by atoms with Crippen molar-refractivity contribution in [3.05, 3.63) is 62.0 Å². The van der Waals surface area contributed by atoms with Crippen molar-refractivity contribution in [1.29, 1.82) is 0 Å². The molecule has 2 aromatic carbocycles. The number of rotatable bonds is 2. The topological polar surface area (TPSA) is 15.8 Å². The second kappa shape index (κ2) is 5.82. The molecule has 0 spiro atoms. The molecule has 20 heavy (non-hydrogen) atoms. The van der Waals surface area contributed by atoms with E-state index in [1.807, 2.05) is 36.4 Å². The van der Waals surface area contributed by atoms with Gasteiger partial charge in [0.05, 0.1) is 10.6 Å². The molecule has 5 heteroatoms. The van der Waals surface area contributed by atoms with E-state index in [0.717, 1.165) is 35.1 Å². The Bertz CT molecular complexity index is 722. The number of halogens is 2. The molecule has 0 saturated heterocycles. The van der Waals surface area contributed by atoms with Crippen molar-refractivity contribution in [2.75, 3.05) is 0 Å². The van der Waals surface area contributed by atoms with Crippen molar-refractivity contribution in [2.45, 2.75) is 0 Å². The Hall–Kier alpha value is -0.940. The van der Waals surface area contributed by atoms with Crippen molar-refractivity contribution in [2.24, 2.45) is 0 Å². The fourth-order valence-corrected chi connectivity index (χ4v) is 3.56. The third-order valence-corrected chi connectivity index (χ3v) is 4.95. The Balaban J connectivity index is 2.15. The molecule has 0 amide bonds. The Morgan fingerprint density at radius 2 is 1.55 bits per heavy atom. The van der Waals surface area contributed by atoms with Crippen LogP contribution in [-0.2, 0) is 0 Å². The van der Waals surface area contributed by atoms with E-state index in [9.17, 15) is 0 Å². The number of benzene rings is 2. The van der Waals surface area contributed by atoms with E-state index in [1.54, 1.807) is 11.3 Å². The van der Waals surface area contributed by atoms with Crippen molar-refractivity contribution < 1.29 is 0 Å². The molecule has 0 unspecified atom stereocenters. The van der Waals surface area contributed by atoms with Crippen LogP contribution in [0.3, 0.4) is 0 Å². The van der Waals surface area contributed by atoms with E-state index in [-0.39, 0.29) is 0 Å². The first kappa shape index (κ1) is 14.0. The zero-order valence-electron chi connectivity index (χ0n) is 10.2. The first-order chi connectivity index (χ1) is 9.63. The molecule has 0 fully saturated rings. The highest BCUT2D eigenvalue weighted by atomic mass is 79.9. The Labute approximate surface area is 139 Å². The van der Waals surface area contributed by atoms with Gasteiger partial charge in [0.1, 0.15) is 0 Å². The van der Waals surface area contributed by atoms with E-state index < -0.39 is 0 Å². The fraction of sp³-hybridized carbons (Fsp3) is 0. The van der Waals surface area contributed by atoms with Crippen LogP contribution in [0.5, 0.6) is 0 Å². The van der Waals surface area contributed by atoms with Crippen LogP contribution >= 0.6 is 51.1 Å². The van der Waals surface area contributed by atoms with E-state index in [4.69, 9.17) is 23.8 Å². The average Bonchev–Trinajstić information content (AvgIpc) is 2.82. The summed E-state index contributed by atoms with van der Waals surface area (Å²) in [5.41, 5.74) is 3.27. The predicted octanol–water partition coefficient (Wildman–Crippen LogP) is 6.56. The average molecular weight is 383 g/mol. The zero-order chi connectivity index (χ0) is 14.1. The number of hydrogen-bond donors (Lipinski definition) is 1. The lowest BCUT2D eigenvalue weighted by Crippen LogP contribution is -1.81. The molecule has 0 aliphatic carbocycles. The maximum Gasteiger partial charge on any atom is 0.159 e. The van der Waals surface area contributed by atoms with Gasteiger partial charge in [-0.05, 0) is 47.6 Å². The molecule has 0 atom stereocenters. The SMILES string of the molecule is S=c1[nH]c(-c2ccc(Cl)cc2)c(-c2ccc(Br)cc2)s1. The maximum absolute atomic E-state index is 5.95. The maximum atomic E-state index is 5.95. The van der Waals surface area contributed by atoms with E-state index >= 15 is 0 Å². The normalized spacial score (nSPS) is 10.7. The Kier molecular flexibility index (Phi) is 4.08. The highest BCUT2D eigenvalue weighted by Gasteiger charge is 2.11. The van der Waals surface area contributed by atoms with Gasteiger partial charge in [-0.3, -0.25) is 0 Å². The van der Waals surface area contributed by atoms with Crippen molar-refractivity contribution >= 4 is 51.1 Å². The first-order valence-electron chi connectivity index (χ1n) is 5.88. The molecule has 1 nitrogen and oxygen atoms in total. The molecular formula is C15H9BrClNS2. The molecule has 3 aromatic rings. The number of H-pyrrole nitrogens is 1. The minimum atomic E-state index is 0.729. The fourth-order valence-electron chi connectivity index (χ4n) is 1.95.